The second-order valence-corrected chi connectivity index (χ2v) is 4.87. The Kier molecular flexibility index (Phi) is 4.85. The SMILES string of the molecule is CC(N)C1CCN(CCCN(C)C)C1. The molecule has 1 fully saturated rings. The van der Waals surface area contributed by atoms with Crippen LogP contribution in [0.25, 0.3) is 0 Å². The summed E-state index contributed by atoms with van der Waals surface area (Å²) < 4.78 is 0. The lowest BCUT2D eigenvalue weighted by Crippen LogP contribution is -2.30. The predicted molar refractivity (Wildman–Crippen MR) is 61.4 cm³/mol. The zero-order valence-corrected chi connectivity index (χ0v) is 9.87. The van der Waals surface area contributed by atoms with Crippen LogP contribution in [0.15, 0.2) is 0 Å². The first-order valence-electron chi connectivity index (χ1n) is 5.72. The average molecular weight is 199 g/mol. The summed E-state index contributed by atoms with van der Waals surface area (Å²) in [5.41, 5.74) is 5.90. The van der Waals surface area contributed by atoms with E-state index in [4.69, 9.17) is 5.73 Å². The molecule has 0 aromatic carbocycles. The van der Waals surface area contributed by atoms with Crippen LogP contribution in [0.3, 0.4) is 0 Å². The minimum Gasteiger partial charge on any atom is -0.328 e. The predicted octanol–water partition coefficient (Wildman–Crippen LogP) is 0.607. The zero-order chi connectivity index (χ0) is 10.6. The van der Waals surface area contributed by atoms with Gasteiger partial charge in [-0.15, -0.1) is 0 Å². The maximum absolute atomic E-state index is 5.90. The molecule has 3 heteroatoms. The number of likely N-dealkylation sites (tertiary alicyclic amines) is 1. The van der Waals surface area contributed by atoms with E-state index in [2.05, 4.69) is 30.8 Å². The normalized spacial score (nSPS) is 25.9. The summed E-state index contributed by atoms with van der Waals surface area (Å²) in [5, 5.41) is 0. The average Bonchev–Trinajstić information content (AvgIpc) is 2.52. The number of nitrogens with two attached hydrogens (primary N) is 1. The van der Waals surface area contributed by atoms with Gasteiger partial charge in [0.25, 0.3) is 0 Å². The highest BCUT2D eigenvalue weighted by Gasteiger charge is 2.24. The molecule has 0 spiro atoms. The Morgan fingerprint density at radius 3 is 2.71 bits per heavy atom. The van der Waals surface area contributed by atoms with Crippen molar-refractivity contribution < 1.29 is 0 Å². The van der Waals surface area contributed by atoms with E-state index in [0.717, 1.165) is 5.92 Å². The molecule has 0 saturated carbocycles. The maximum Gasteiger partial charge on any atom is 0.00514 e. The second kappa shape index (κ2) is 5.69. The van der Waals surface area contributed by atoms with Gasteiger partial charge in [-0.2, -0.15) is 0 Å². The molecule has 0 radical (unpaired) electrons. The minimum absolute atomic E-state index is 0.369. The first kappa shape index (κ1) is 12.0. The quantitative estimate of drug-likeness (QED) is 0.704. The van der Waals surface area contributed by atoms with Crippen molar-refractivity contribution in [3.05, 3.63) is 0 Å². The lowest BCUT2D eigenvalue weighted by molar-refractivity contribution is 0.288. The molecule has 1 aliphatic heterocycles. The number of nitrogens with zero attached hydrogens (tertiary/aromatic N) is 2. The van der Waals surface area contributed by atoms with Crippen LogP contribution in [0.5, 0.6) is 0 Å². The van der Waals surface area contributed by atoms with Crippen LogP contribution in [0, 0.1) is 5.92 Å². The minimum atomic E-state index is 0.369. The highest BCUT2D eigenvalue weighted by Crippen LogP contribution is 2.18. The van der Waals surface area contributed by atoms with Crippen molar-refractivity contribution in [3.8, 4) is 0 Å². The summed E-state index contributed by atoms with van der Waals surface area (Å²) >= 11 is 0. The van der Waals surface area contributed by atoms with E-state index in [0.29, 0.717) is 6.04 Å². The number of rotatable bonds is 5. The number of hydrogen-bond acceptors (Lipinski definition) is 3. The lowest BCUT2D eigenvalue weighted by Gasteiger charge is -2.18. The molecule has 1 heterocycles. The Bertz CT molecular complexity index is 157. The van der Waals surface area contributed by atoms with E-state index in [9.17, 15) is 0 Å². The van der Waals surface area contributed by atoms with Crippen molar-refractivity contribution in [2.45, 2.75) is 25.8 Å². The van der Waals surface area contributed by atoms with Crippen LogP contribution in [-0.2, 0) is 0 Å². The van der Waals surface area contributed by atoms with Gasteiger partial charge < -0.3 is 15.5 Å². The summed E-state index contributed by atoms with van der Waals surface area (Å²) in [4.78, 5) is 4.80. The van der Waals surface area contributed by atoms with Gasteiger partial charge in [0.05, 0.1) is 0 Å². The van der Waals surface area contributed by atoms with Gasteiger partial charge in [-0.1, -0.05) is 0 Å². The van der Waals surface area contributed by atoms with Gasteiger partial charge in [0.2, 0.25) is 0 Å². The molecule has 0 aliphatic carbocycles. The van der Waals surface area contributed by atoms with Crippen molar-refractivity contribution in [3.63, 3.8) is 0 Å². The molecule has 0 amide bonds. The molecular formula is C11H25N3. The van der Waals surface area contributed by atoms with E-state index < -0.39 is 0 Å². The molecule has 1 saturated heterocycles. The van der Waals surface area contributed by atoms with Crippen molar-refractivity contribution in [1.29, 1.82) is 0 Å². The Morgan fingerprint density at radius 2 is 2.21 bits per heavy atom. The van der Waals surface area contributed by atoms with E-state index in [1.165, 1.54) is 39.0 Å². The van der Waals surface area contributed by atoms with Gasteiger partial charge in [0.1, 0.15) is 0 Å². The van der Waals surface area contributed by atoms with Gasteiger partial charge >= 0.3 is 0 Å². The third-order valence-electron chi connectivity index (χ3n) is 3.13. The molecule has 14 heavy (non-hydrogen) atoms. The summed E-state index contributed by atoms with van der Waals surface area (Å²) in [7, 11) is 4.27. The van der Waals surface area contributed by atoms with Crippen LogP contribution in [-0.4, -0.2) is 56.1 Å². The summed E-state index contributed by atoms with van der Waals surface area (Å²) in [5.74, 6) is 0.731. The third kappa shape index (κ3) is 3.95. The fraction of sp³-hybridized carbons (Fsp3) is 1.00. The molecule has 1 aliphatic rings. The molecule has 1 rings (SSSR count). The largest absolute Gasteiger partial charge is 0.328 e. The summed E-state index contributed by atoms with van der Waals surface area (Å²) in [6.45, 7) is 7.03. The van der Waals surface area contributed by atoms with E-state index in [-0.39, 0.29) is 0 Å². The van der Waals surface area contributed by atoms with E-state index in [1.807, 2.05) is 0 Å². The van der Waals surface area contributed by atoms with E-state index in [1.54, 1.807) is 0 Å². The Morgan fingerprint density at radius 1 is 1.50 bits per heavy atom. The van der Waals surface area contributed by atoms with Crippen molar-refractivity contribution in [1.82, 2.24) is 9.80 Å². The molecule has 0 aromatic heterocycles. The van der Waals surface area contributed by atoms with Crippen LogP contribution in [0.4, 0.5) is 0 Å². The van der Waals surface area contributed by atoms with Crippen molar-refractivity contribution in [2.75, 3.05) is 40.3 Å². The highest BCUT2D eigenvalue weighted by molar-refractivity contribution is 4.80. The fourth-order valence-electron chi connectivity index (χ4n) is 2.11. The molecule has 0 bridgehead atoms. The Balaban J connectivity index is 2.10. The topological polar surface area (TPSA) is 32.5 Å². The molecule has 0 aromatic rings. The lowest BCUT2D eigenvalue weighted by atomic mass is 10.0. The molecule has 84 valence electrons. The van der Waals surface area contributed by atoms with Gasteiger partial charge in [0.15, 0.2) is 0 Å². The molecule has 3 nitrogen and oxygen atoms in total. The number of hydrogen-bond donors (Lipinski definition) is 1. The first-order chi connectivity index (χ1) is 6.59. The zero-order valence-electron chi connectivity index (χ0n) is 9.87. The van der Waals surface area contributed by atoms with Crippen LogP contribution in [0.1, 0.15) is 19.8 Å². The van der Waals surface area contributed by atoms with Gasteiger partial charge in [-0.05, 0) is 59.4 Å². The first-order valence-corrected chi connectivity index (χ1v) is 5.72. The molecule has 2 unspecified atom stereocenters. The summed E-state index contributed by atoms with van der Waals surface area (Å²) in [6, 6.07) is 0.369. The fourth-order valence-corrected chi connectivity index (χ4v) is 2.11. The monoisotopic (exact) mass is 199 g/mol. The highest BCUT2D eigenvalue weighted by atomic mass is 15.2. The van der Waals surface area contributed by atoms with Crippen molar-refractivity contribution >= 4 is 0 Å². The molecular weight excluding hydrogens is 174 g/mol. The standard InChI is InChI=1S/C11H25N3/c1-10(12)11-5-8-14(9-11)7-4-6-13(2)3/h10-11H,4-9,12H2,1-3H3. The second-order valence-electron chi connectivity index (χ2n) is 4.87. The van der Waals surface area contributed by atoms with Gasteiger partial charge in [-0.3, -0.25) is 0 Å². The van der Waals surface area contributed by atoms with Gasteiger partial charge in [0, 0.05) is 12.6 Å². The van der Waals surface area contributed by atoms with Gasteiger partial charge in [-0.25, -0.2) is 0 Å². The van der Waals surface area contributed by atoms with Crippen LogP contribution >= 0.6 is 0 Å². The Hall–Kier alpha value is -0.120. The maximum atomic E-state index is 5.90. The molecule has 2 atom stereocenters. The van der Waals surface area contributed by atoms with E-state index >= 15 is 0 Å². The van der Waals surface area contributed by atoms with Crippen LogP contribution < -0.4 is 5.73 Å². The molecule has 2 N–H and O–H groups in total. The smallest absolute Gasteiger partial charge is 0.00514 e. The van der Waals surface area contributed by atoms with Crippen molar-refractivity contribution in [2.24, 2.45) is 11.7 Å². The Labute approximate surface area is 88.2 Å². The third-order valence-corrected chi connectivity index (χ3v) is 3.13. The summed E-state index contributed by atoms with van der Waals surface area (Å²) in [6.07, 6.45) is 2.57. The van der Waals surface area contributed by atoms with Crippen LogP contribution in [0.2, 0.25) is 0 Å².